The molecule has 1 heterocycles. The van der Waals surface area contributed by atoms with Crippen molar-refractivity contribution in [1.29, 1.82) is 0 Å². The van der Waals surface area contributed by atoms with Crippen molar-refractivity contribution >= 4 is 11.6 Å². The average molecular weight is 234 g/mol. The largest absolute Gasteiger partial charge is 0.449 e. The first kappa shape index (κ1) is 11.8. The van der Waals surface area contributed by atoms with Gasteiger partial charge in [0.25, 0.3) is 5.91 Å². The first-order valence-electron chi connectivity index (χ1n) is 5.79. The van der Waals surface area contributed by atoms with Crippen molar-refractivity contribution in [3.8, 4) is 0 Å². The highest BCUT2D eigenvalue weighted by molar-refractivity contribution is 5.92. The minimum absolute atomic E-state index is 0.0903. The van der Waals surface area contributed by atoms with Crippen LogP contribution in [0.25, 0.3) is 5.70 Å². The van der Waals surface area contributed by atoms with Crippen LogP contribution >= 0.6 is 0 Å². The molecule has 17 heavy (non-hydrogen) atoms. The molecule has 2 rings (SSSR count). The van der Waals surface area contributed by atoms with Crippen molar-refractivity contribution in [1.82, 2.24) is 4.90 Å². The van der Waals surface area contributed by atoms with Crippen molar-refractivity contribution in [2.45, 2.75) is 19.8 Å². The van der Waals surface area contributed by atoms with Gasteiger partial charge in [0.1, 0.15) is 0 Å². The van der Waals surface area contributed by atoms with Crippen LogP contribution in [-0.4, -0.2) is 24.4 Å². The number of nitrogens with zero attached hydrogens (tertiary/aromatic N) is 1. The van der Waals surface area contributed by atoms with E-state index in [1.54, 1.807) is 18.0 Å². The van der Waals surface area contributed by atoms with Gasteiger partial charge in [-0.15, -0.1) is 0 Å². The molecule has 2 N–H and O–H groups in total. The lowest BCUT2D eigenvalue weighted by molar-refractivity contribution is 0.0756. The van der Waals surface area contributed by atoms with Crippen molar-refractivity contribution < 1.29 is 9.21 Å². The molecule has 1 aromatic heterocycles. The van der Waals surface area contributed by atoms with Crippen molar-refractivity contribution in [3.63, 3.8) is 0 Å². The van der Waals surface area contributed by atoms with Crippen LogP contribution in [-0.2, 0) is 0 Å². The molecule has 0 bridgehead atoms. The molecular weight excluding hydrogens is 216 g/mol. The molecule has 0 radical (unpaired) electrons. The molecule has 1 aliphatic carbocycles. The van der Waals surface area contributed by atoms with Crippen molar-refractivity contribution in [2.24, 2.45) is 11.7 Å². The molecule has 0 saturated heterocycles. The van der Waals surface area contributed by atoms with Gasteiger partial charge in [-0.25, -0.2) is 0 Å². The molecule has 1 fully saturated rings. The van der Waals surface area contributed by atoms with Crippen LogP contribution in [0.2, 0.25) is 0 Å². The van der Waals surface area contributed by atoms with Gasteiger partial charge in [-0.05, 0) is 37.3 Å². The maximum atomic E-state index is 12.1. The summed E-state index contributed by atoms with van der Waals surface area (Å²) in [5, 5.41) is 0. The molecule has 0 atom stereocenters. The summed E-state index contributed by atoms with van der Waals surface area (Å²) >= 11 is 0. The lowest BCUT2D eigenvalue weighted by atomic mass is 10.2. The second-order valence-corrected chi connectivity index (χ2v) is 4.78. The molecule has 0 aromatic carbocycles. The minimum Gasteiger partial charge on any atom is -0.449 e. The fourth-order valence-corrected chi connectivity index (χ4v) is 1.87. The molecule has 1 saturated carbocycles. The van der Waals surface area contributed by atoms with Crippen molar-refractivity contribution in [2.75, 3.05) is 13.6 Å². The third-order valence-corrected chi connectivity index (χ3v) is 3.00. The van der Waals surface area contributed by atoms with Crippen molar-refractivity contribution in [3.05, 3.63) is 29.7 Å². The number of carbonyl (C=O) groups excluding carboxylic acids is 1. The van der Waals surface area contributed by atoms with E-state index in [9.17, 15) is 4.79 Å². The van der Waals surface area contributed by atoms with Gasteiger partial charge in [-0.3, -0.25) is 4.79 Å². The number of carbonyl (C=O) groups is 1. The molecule has 4 heteroatoms. The summed E-state index contributed by atoms with van der Waals surface area (Å²) in [7, 11) is 1.80. The SMILES string of the molecule is C=C(N)c1oc(C(=O)N(C)CC2CC2)cc1C. The maximum Gasteiger partial charge on any atom is 0.289 e. The smallest absolute Gasteiger partial charge is 0.289 e. The summed E-state index contributed by atoms with van der Waals surface area (Å²) in [6, 6.07) is 1.72. The lowest BCUT2D eigenvalue weighted by Crippen LogP contribution is -2.28. The Morgan fingerprint density at radius 3 is 2.76 bits per heavy atom. The van der Waals surface area contributed by atoms with Gasteiger partial charge in [-0.1, -0.05) is 6.58 Å². The first-order valence-corrected chi connectivity index (χ1v) is 5.79. The van der Waals surface area contributed by atoms with Gasteiger partial charge in [0.15, 0.2) is 11.5 Å². The number of amides is 1. The second-order valence-electron chi connectivity index (χ2n) is 4.78. The zero-order valence-corrected chi connectivity index (χ0v) is 10.3. The van der Waals surface area contributed by atoms with E-state index in [0.717, 1.165) is 12.1 Å². The first-order chi connectivity index (χ1) is 7.99. The predicted octanol–water partition coefficient (Wildman–Crippen LogP) is 2.00. The fraction of sp³-hybridized carbons (Fsp3) is 0.462. The Bertz CT molecular complexity index is 458. The Labute approximate surface area is 101 Å². The van der Waals surface area contributed by atoms with Crippen LogP contribution in [0, 0.1) is 12.8 Å². The molecule has 4 nitrogen and oxygen atoms in total. The number of hydrogen-bond donors (Lipinski definition) is 1. The number of furan rings is 1. The van der Waals surface area contributed by atoms with Crippen LogP contribution in [0.3, 0.4) is 0 Å². The highest BCUT2D eigenvalue weighted by Gasteiger charge is 2.26. The molecule has 0 aliphatic heterocycles. The Morgan fingerprint density at radius 1 is 1.65 bits per heavy atom. The number of nitrogens with two attached hydrogens (primary N) is 1. The van der Waals surface area contributed by atoms with Crippen LogP contribution in [0.15, 0.2) is 17.1 Å². The fourth-order valence-electron chi connectivity index (χ4n) is 1.87. The Kier molecular flexibility index (Phi) is 2.96. The molecule has 1 aliphatic rings. The van der Waals surface area contributed by atoms with E-state index < -0.39 is 0 Å². The highest BCUT2D eigenvalue weighted by atomic mass is 16.4. The topological polar surface area (TPSA) is 59.5 Å². The summed E-state index contributed by atoms with van der Waals surface area (Å²) in [5.74, 6) is 1.43. The van der Waals surface area contributed by atoms with E-state index in [2.05, 4.69) is 6.58 Å². The predicted molar refractivity (Wildman–Crippen MR) is 66.4 cm³/mol. The highest BCUT2D eigenvalue weighted by Crippen LogP contribution is 2.30. The van der Waals surface area contributed by atoms with E-state index in [1.165, 1.54) is 12.8 Å². The summed E-state index contributed by atoms with van der Waals surface area (Å²) in [6.07, 6.45) is 2.44. The Balaban J connectivity index is 2.12. The van der Waals surface area contributed by atoms with Gasteiger partial charge >= 0.3 is 0 Å². The summed E-state index contributed by atoms with van der Waals surface area (Å²) in [4.78, 5) is 13.8. The zero-order chi connectivity index (χ0) is 12.6. The van der Waals surface area contributed by atoms with E-state index in [0.29, 0.717) is 23.1 Å². The third-order valence-electron chi connectivity index (χ3n) is 3.00. The number of rotatable bonds is 4. The molecule has 0 unspecified atom stereocenters. The number of aryl methyl sites for hydroxylation is 1. The standard InChI is InChI=1S/C13H18N2O2/c1-8-6-11(17-12(8)9(2)14)13(16)15(3)7-10-4-5-10/h6,10H,2,4-5,7,14H2,1,3H3. The second kappa shape index (κ2) is 4.28. The monoisotopic (exact) mass is 234 g/mol. The maximum absolute atomic E-state index is 12.1. The van der Waals surface area contributed by atoms with Crippen LogP contribution in [0.5, 0.6) is 0 Å². The van der Waals surface area contributed by atoms with Crippen LogP contribution in [0.1, 0.15) is 34.7 Å². The van der Waals surface area contributed by atoms with E-state index >= 15 is 0 Å². The lowest BCUT2D eigenvalue weighted by Gasteiger charge is -2.14. The van der Waals surface area contributed by atoms with E-state index in [1.807, 2.05) is 6.92 Å². The molecule has 1 amide bonds. The summed E-state index contributed by atoms with van der Waals surface area (Å²) in [6.45, 7) is 6.28. The van der Waals surface area contributed by atoms with Gasteiger partial charge in [0, 0.05) is 13.6 Å². The van der Waals surface area contributed by atoms with Gasteiger partial charge in [-0.2, -0.15) is 0 Å². The average Bonchev–Trinajstić information content (AvgIpc) is 2.97. The number of hydrogen-bond acceptors (Lipinski definition) is 3. The minimum atomic E-state index is -0.0903. The quantitative estimate of drug-likeness (QED) is 0.866. The van der Waals surface area contributed by atoms with E-state index in [4.69, 9.17) is 10.2 Å². The van der Waals surface area contributed by atoms with Gasteiger partial charge < -0.3 is 15.1 Å². The molecule has 1 aromatic rings. The normalized spacial score (nSPS) is 14.7. The van der Waals surface area contributed by atoms with Crippen LogP contribution in [0.4, 0.5) is 0 Å². The van der Waals surface area contributed by atoms with Gasteiger partial charge in [0.2, 0.25) is 0 Å². The van der Waals surface area contributed by atoms with Gasteiger partial charge in [0.05, 0.1) is 5.70 Å². The summed E-state index contributed by atoms with van der Waals surface area (Å²) in [5.41, 5.74) is 6.78. The molecule has 0 spiro atoms. The molecule has 92 valence electrons. The third kappa shape index (κ3) is 2.52. The Morgan fingerprint density at radius 2 is 2.29 bits per heavy atom. The zero-order valence-electron chi connectivity index (χ0n) is 10.3. The van der Waals surface area contributed by atoms with E-state index in [-0.39, 0.29) is 5.91 Å². The molecular formula is C13H18N2O2. The summed E-state index contributed by atoms with van der Waals surface area (Å²) < 4.78 is 5.45. The Hall–Kier alpha value is -1.71. The van der Waals surface area contributed by atoms with Crippen LogP contribution < -0.4 is 5.73 Å².